The number of hydrogen-bond acceptors (Lipinski definition) is 6. The standard InChI is InChI=1S/C22H27NO6/c1-14(24)23-9-8-16-12-21(25)22(28-4,29-5)13-17(16)18(23)10-15-6-7-19(26-2)20(11-15)27-3/h6-7,11-13,18H,8-10H2,1-5H3. The van der Waals surface area contributed by atoms with Gasteiger partial charge in [0.25, 0.3) is 5.79 Å². The predicted octanol–water partition coefficient (Wildman–Crippen LogP) is 2.29. The third kappa shape index (κ3) is 3.80. The SMILES string of the molecule is COc1ccc(CC2C3=CC(OC)(OC)C(=O)C=C3CCN2C(C)=O)cc1OC. The number of likely N-dealkylation sites (tertiary alicyclic amines) is 1. The summed E-state index contributed by atoms with van der Waals surface area (Å²) in [5.74, 6) is -0.463. The number of rotatable bonds is 6. The maximum atomic E-state index is 12.6. The van der Waals surface area contributed by atoms with Gasteiger partial charge in [0.1, 0.15) is 0 Å². The molecule has 0 bridgehead atoms. The monoisotopic (exact) mass is 401 g/mol. The zero-order valence-electron chi connectivity index (χ0n) is 17.5. The Balaban J connectivity index is 2.03. The van der Waals surface area contributed by atoms with Gasteiger partial charge in [0.15, 0.2) is 11.5 Å². The number of methoxy groups -OCH3 is 4. The molecular weight excluding hydrogens is 374 g/mol. The van der Waals surface area contributed by atoms with Crippen molar-refractivity contribution in [2.24, 2.45) is 0 Å². The Morgan fingerprint density at radius 2 is 1.83 bits per heavy atom. The summed E-state index contributed by atoms with van der Waals surface area (Å²) in [6, 6.07) is 5.46. The molecule has 1 aromatic carbocycles. The van der Waals surface area contributed by atoms with Gasteiger partial charge in [0.05, 0.1) is 20.3 Å². The van der Waals surface area contributed by atoms with Crippen LogP contribution in [0.3, 0.4) is 0 Å². The lowest BCUT2D eigenvalue weighted by Gasteiger charge is -2.42. The van der Waals surface area contributed by atoms with Crippen LogP contribution in [0.1, 0.15) is 18.9 Å². The highest BCUT2D eigenvalue weighted by atomic mass is 16.7. The van der Waals surface area contributed by atoms with Gasteiger partial charge in [-0.05, 0) is 53.8 Å². The van der Waals surface area contributed by atoms with Crippen molar-refractivity contribution in [1.82, 2.24) is 4.90 Å². The van der Waals surface area contributed by atoms with Crippen LogP contribution < -0.4 is 9.47 Å². The lowest BCUT2D eigenvalue weighted by molar-refractivity contribution is -0.181. The summed E-state index contributed by atoms with van der Waals surface area (Å²) in [6.45, 7) is 2.11. The Hall–Kier alpha value is -2.64. The second-order valence-electron chi connectivity index (χ2n) is 7.08. The Morgan fingerprint density at radius 3 is 2.41 bits per heavy atom. The van der Waals surface area contributed by atoms with E-state index in [-0.39, 0.29) is 17.7 Å². The van der Waals surface area contributed by atoms with Crippen LogP contribution >= 0.6 is 0 Å². The summed E-state index contributed by atoms with van der Waals surface area (Å²) in [4.78, 5) is 26.8. The molecule has 1 fully saturated rings. The van der Waals surface area contributed by atoms with Gasteiger partial charge in [-0.2, -0.15) is 0 Å². The van der Waals surface area contributed by atoms with Gasteiger partial charge in [0, 0.05) is 27.7 Å². The number of amides is 1. The molecule has 0 saturated carbocycles. The molecule has 1 aliphatic heterocycles. The van der Waals surface area contributed by atoms with Crippen molar-refractivity contribution in [3.05, 3.63) is 47.1 Å². The topological polar surface area (TPSA) is 74.3 Å². The van der Waals surface area contributed by atoms with E-state index in [4.69, 9.17) is 18.9 Å². The molecule has 1 aliphatic carbocycles. The summed E-state index contributed by atoms with van der Waals surface area (Å²) in [6.07, 6.45) is 4.47. The van der Waals surface area contributed by atoms with Crippen molar-refractivity contribution in [1.29, 1.82) is 0 Å². The Bertz CT molecular complexity index is 868. The van der Waals surface area contributed by atoms with Crippen LogP contribution in [0.15, 0.2) is 41.5 Å². The van der Waals surface area contributed by atoms with E-state index in [9.17, 15) is 9.59 Å². The van der Waals surface area contributed by atoms with Crippen LogP contribution in [0.4, 0.5) is 0 Å². The predicted molar refractivity (Wildman–Crippen MR) is 107 cm³/mol. The molecule has 7 nitrogen and oxygen atoms in total. The second-order valence-corrected chi connectivity index (χ2v) is 7.08. The Labute approximate surface area is 170 Å². The summed E-state index contributed by atoms with van der Waals surface area (Å²) < 4.78 is 21.6. The largest absolute Gasteiger partial charge is 0.493 e. The van der Waals surface area contributed by atoms with Crippen LogP contribution in [-0.2, 0) is 25.5 Å². The molecule has 156 valence electrons. The minimum Gasteiger partial charge on any atom is -0.493 e. The molecule has 0 spiro atoms. The molecule has 0 radical (unpaired) electrons. The van der Waals surface area contributed by atoms with Crippen molar-refractivity contribution < 1.29 is 28.5 Å². The van der Waals surface area contributed by atoms with Gasteiger partial charge < -0.3 is 23.8 Å². The van der Waals surface area contributed by atoms with Crippen molar-refractivity contribution in [3.63, 3.8) is 0 Å². The number of benzene rings is 1. The van der Waals surface area contributed by atoms with Gasteiger partial charge >= 0.3 is 0 Å². The summed E-state index contributed by atoms with van der Waals surface area (Å²) in [5, 5.41) is 0. The number of fused-ring (bicyclic) bond motifs is 1. The lowest BCUT2D eigenvalue weighted by Crippen LogP contribution is -2.50. The van der Waals surface area contributed by atoms with E-state index in [0.29, 0.717) is 30.9 Å². The number of carbonyl (C=O) groups excluding carboxylic acids is 2. The van der Waals surface area contributed by atoms with Crippen molar-refractivity contribution in [2.75, 3.05) is 35.0 Å². The first-order chi connectivity index (χ1) is 13.9. The molecule has 0 aromatic heterocycles. The first-order valence-electron chi connectivity index (χ1n) is 9.45. The van der Waals surface area contributed by atoms with Gasteiger partial charge in [-0.3, -0.25) is 9.59 Å². The number of hydrogen-bond donors (Lipinski definition) is 0. The third-order valence-corrected chi connectivity index (χ3v) is 5.61. The zero-order chi connectivity index (χ0) is 21.2. The van der Waals surface area contributed by atoms with E-state index in [1.54, 1.807) is 33.3 Å². The maximum absolute atomic E-state index is 12.6. The van der Waals surface area contributed by atoms with Crippen molar-refractivity contribution in [2.45, 2.75) is 31.6 Å². The number of carbonyl (C=O) groups is 2. The number of nitrogens with zero attached hydrogens (tertiary/aromatic N) is 1. The summed E-state index contributed by atoms with van der Waals surface area (Å²) >= 11 is 0. The summed E-state index contributed by atoms with van der Waals surface area (Å²) in [5.41, 5.74) is 2.78. The molecule has 7 heteroatoms. The van der Waals surface area contributed by atoms with E-state index < -0.39 is 5.79 Å². The average molecular weight is 401 g/mol. The maximum Gasteiger partial charge on any atom is 0.253 e. The first-order valence-corrected chi connectivity index (χ1v) is 9.45. The van der Waals surface area contributed by atoms with E-state index in [1.807, 2.05) is 23.1 Å². The van der Waals surface area contributed by atoms with Gasteiger partial charge in [0.2, 0.25) is 11.7 Å². The quantitative estimate of drug-likeness (QED) is 0.681. The molecular formula is C22H27NO6. The molecule has 1 heterocycles. The van der Waals surface area contributed by atoms with Crippen molar-refractivity contribution in [3.8, 4) is 11.5 Å². The molecule has 0 N–H and O–H groups in total. The van der Waals surface area contributed by atoms with Gasteiger partial charge in [-0.25, -0.2) is 0 Å². The Morgan fingerprint density at radius 1 is 1.14 bits per heavy atom. The van der Waals surface area contributed by atoms with Gasteiger partial charge in [-0.15, -0.1) is 0 Å². The van der Waals surface area contributed by atoms with Crippen LogP contribution in [0.5, 0.6) is 11.5 Å². The lowest BCUT2D eigenvalue weighted by atomic mass is 9.81. The first kappa shape index (κ1) is 21.1. The fourth-order valence-corrected chi connectivity index (χ4v) is 4.03. The Kier molecular flexibility index (Phi) is 6.10. The third-order valence-electron chi connectivity index (χ3n) is 5.61. The molecule has 3 rings (SSSR count). The molecule has 1 amide bonds. The van der Waals surface area contributed by atoms with Gasteiger partial charge in [-0.1, -0.05) is 6.07 Å². The minimum atomic E-state index is -1.46. The van der Waals surface area contributed by atoms with Crippen LogP contribution in [-0.4, -0.2) is 63.4 Å². The molecule has 1 atom stereocenters. The normalized spacial score (nSPS) is 20.5. The van der Waals surface area contributed by atoms with Crippen LogP contribution in [0.25, 0.3) is 0 Å². The fourth-order valence-electron chi connectivity index (χ4n) is 4.03. The number of piperidine rings is 1. The highest BCUT2D eigenvalue weighted by Crippen LogP contribution is 2.38. The molecule has 1 unspecified atom stereocenters. The second kappa shape index (κ2) is 8.39. The molecule has 1 saturated heterocycles. The van der Waals surface area contributed by atoms with E-state index in [1.165, 1.54) is 14.2 Å². The summed E-state index contributed by atoms with van der Waals surface area (Å²) in [7, 11) is 6.05. The number of ether oxygens (including phenoxy) is 4. The van der Waals surface area contributed by atoms with Crippen LogP contribution in [0.2, 0.25) is 0 Å². The highest BCUT2D eigenvalue weighted by molar-refractivity contribution is 6.00. The zero-order valence-corrected chi connectivity index (χ0v) is 17.5. The molecule has 2 aliphatic rings. The van der Waals surface area contributed by atoms with E-state index in [0.717, 1.165) is 16.7 Å². The average Bonchev–Trinajstić information content (AvgIpc) is 2.73. The smallest absolute Gasteiger partial charge is 0.253 e. The van der Waals surface area contributed by atoms with Crippen molar-refractivity contribution >= 4 is 11.7 Å². The van der Waals surface area contributed by atoms with E-state index >= 15 is 0 Å². The molecule has 1 aromatic rings. The fraction of sp³-hybridized carbons (Fsp3) is 0.455. The number of ketones is 1. The van der Waals surface area contributed by atoms with Crippen LogP contribution in [0, 0.1) is 0 Å². The highest BCUT2D eigenvalue weighted by Gasteiger charge is 2.43. The van der Waals surface area contributed by atoms with E-state index in [2.05, 4.69) is 0 Å². The minimum absolute atomic E-state index is 0.0206. The molecule has 29 heavy (non-hydrogen) atoms.